The number of hydrogen-bond donors (Lipinski definition) is 2. The number of hydrogen-bond acceptors (Lipinski definition) is 3. The van der Waals surface area contributed by atoms with Gasteiger partial charge in [0.2, 0.25) is 0 Å². The second-order valence-electron chi connectivity index (χ2n) is 3.13. The van der Waals surface area contributed by atoms with Gasteiger partial charge in [0.1, 0.15) is 0 Å². The maximum absolute atomic E-state index is 9.29. The maximum Gasteiger partial charge on any atom is 0.0741 e. The minimum Gasteiger partial charge on any atom is -0.391 e. The zero-order chi connectivity index (χ0) is 8.39. The van der Waals surface area contributed by atoms with E-state index in [-0.39, 0.29) is 12.1 Å². The van der Waals surface area contributed by atoms with Gasteiger partial charge in [-0.3, -0.25) is 4.98 Å². The molecule has 2 N–H and O–H groups in total. The molecule has 64 valence electrons. The molecule has 0 saturated heterocycles. The lowest BCUT2D eigenvalue weighted by atomic mass is 9.89. The van der Waals surface area contributed by atoms with Gasteiger partial charge in [0.25, 0.3) is 0 Å². The molecule has 0 aromatic carbocycles. The molecule has 0 radical (unpaired) electrons. The summed E-state index contributed by atoms with van der Waals surface area (Å²) >= 11 is 0. The molecule has 2 atom stereocenters. The van der Waals surface area contributed by atoms with Crippen molar-refractivity contribution in [1.29, 1.82) is 0 Å². The van der Waals surface area contributed by atoms with Crippen LogP contribution in [0, 0.1) is 0 Å². The van der Waals surface area contributed by atoms with Crippen LogP contribution in [0.15, 0.2) is 24.5 Å². The molecule has 0 aliphatic heterocycles. The lowest BCUT2D eigenvalue weighted by Gasteiger charge is -2.33. The van der Waals surface area contributed by atoms with Crippen molar-refractivity contribution in [2.75, 3.05) is 5.32 Å². The van der Waals surface area contributed by atoms with Gasteiger partial charge in [-0.2, -0.15) is 0 Å². The molecule has 2 unspecified atom stereocenters. The van der Waals surface area contributed by atoms with E-state index >= 15 is 0 Å². The number of nitrogens with one attached hydrogen (secondary N) is 1. The highest BCUT2D eigenvalue weighted by atomic mass is 16.3. The molecule has 1 aliphatic carbocycles. The predicted octanol–water partition coefficient (Wildman–Crippen LogP) is 1.02. The van der Waals surface area contributed by atoms with E-state index < -0.39 is 0 Å². The van der Waals surface area contributed by atoms with Gasteiger partial charge in [0.05, 0.1) is 12.1 Å². The SMILES string of the molecule is OC1CCC1Nc1ccncc1. The van der Waals surface area contributed by atoms with Crippen LogP contribution in [-0.4, -0.2) is 22.2 Å². The van der Waals surface area contributed by atoms with Crippen molar-refractivity contribution in [3.8, 4) is 0 Å². The lowest BCUT2D eigenvalue weighted by Crippen LogP contribution is -2.42. The number of aromatic nitrogens is 1. The molecule has 0 amide bonds. The summed E-state index contributed by atoms with van der Waals surface area (Å²) in [5.74, 6) is 0. The number of aliphatic hydroxyl groups excluding tert-OH is 1. The van der Waals surface area contributed by atoms with Gasteiger partial charge in [-0.05, 0) is 25.0 Å². The molecule has 1 aromatic heterocycles. The number of anilines is 1. The quantitative estimate of drug-likeness (QED) is 0.685. The van der Waals surface area contributed by atoms with Crippen LogP contribution in [0.4, 0.5) is 5.69 Å². The first-order chi connectivity index (χ1) is 5.86. The minimum absolute atomic E-state index is 0.168. The third-order valence-electron chi connectivity index (χ3n) is 2.27. The first-order valence-electron chi connectivity index (χ1n) is 4.21. The Morgan fingerprint density at radius 2 is 2.08 bits per heavy atom. The monoisotopic (exact) mass is 164 g/mol. The highest BCUT2D eigenvalue weighted by Gasteiger charge is 2.28. The molecule has 1 heterocycles. The topological polar surface area (TPSA) is 45.1 Å². The predicted molar refractivity (Wildman–Crippen MR) is 46.9 cm³/mol. The van der Waals surface area contributed by atoms with Gasteiger partial charge in [-0.25, -0.2) is 0 Å². The second kappa shape index (κ2) is 3.11. The molecule has 1 aliphatic rings. The van der Waals surface area contributed by atoms with Crippen molar-refractivity contribution in [1.82, 2.24) is 4.98 Å². The van der Waals surface area contributed by atoms with E-state index in [9.17, 15) is 5.11 Å². The highest BCUT2D eigenvalue weighted by Crippen LogP contribution is 2.23. The zero-order valence-corrected chi connectivity index (χ0v) is 6.77. The van der Waals surface area contributed by atoms with Crippen molar-refractivity contribution < 1.29 is 5.11 Å². The van der Waals surface area contributed by atoms with Crippen LogP contribution in [0.25, 0.3) is 0 Å². The molecule has 0 bridgehead atoms. The number of rotatable bonds is 2. The Balaban J connectivity index is 1.95. The van der Waals surface area contributed by atoms with Crippen LogP contribution in [0.5, 0.6) is 0 Å². The van der Waals surface area contributed by atoms with Gasteiger partial charge < -0.3 is 10.4 Å². The molecule has 1 fully saturated rings. The maximum atomic E-state index is 9.29. The summed E-state index contributed by atoms with van der Waals surface area (Å²) in [7, 11) is 0. The summed E-state index contributed by atoms with van der Waals surface area (Å²) in [5.41, 5.74) is 1.04. The summed E-state index contributed by atoms with van der Waals surface area (Å²) < 4.78 is 0. The van der Waals surface area contributed by atoms with Crippen molar-refractivity contribution in [2.45, 2.75) is 25.0 Å². The summed E-state index contributed by atoms with van der Waals surface area (Å²) in [5, 5.41) is 12.5. The fourth-order valence-electron chi connectivity index (χ4n) is 1.31. The smallest absolute Gasteiger partial charge is 0.0741 e. The third kappa shape index (κ3) is 1.41. The van der Waals surface area contributed by atoms with Crippen molar-refractivity contribution in [2.24, 2.45) is 0 Å². The zero-order valence-electron chi connectivity index (χ0n) is 6.77. The molecular formula is C9H12N2O. The van der Waals surface area contributed by atoms with E-state index in [1.807, 2.05) is 12.1 Å². The van der Waals surface area contributed by atoms with E-state index in [1.165, 1.54) is 0 Å². The van der Waals surface area contributed by atoms with Crippen LogP contribution in [0.3, 0.4) is 0 Å². The van der Waals surface area contributed by atoms with E-state index in [1.54, 1.807) is 12.4 Å². The number of pyridine rings is 1. The highest BCUT2D eigenvalue weighted by molar-refractivity contribution is 5.42. The van der Waals surface area contributed by atoms with Crippen LogP contribution >= 0.6 is 0 Å². The summed E-state index contributed by atoms with van der Waals surface area (Å²) in [6.07, 6.45) is 5.30. The molecule has 3 nitrogen and oxygen atoms in total. The Hall–Kier alpha value is -1.09. The van der Waals surface area contributed by atoms with Crippen molar-refractivity contribution >= 4 is 5.69 Å². The van der Waals surface area contributed by atoms with Crippen LogP contribution < -0.4 is 5.32 Å². The Bertz CT molecular complexity index is 250. The molecule has 3 heteroatoms. The largest absolute Gasteiger partial charge is 0.391 e. The van der Waals surface area contributed by atoms with Gasteiger partial charge in [0, 0.05) is 18.1 Å². The van der Waals surface area contributed by atoms with Crippen LogP contribution in [0.1, 0.15) is 12.8 Å². The summed E-state index contributed by atoms with van der Waals surface area (Å²) in [6, 6.07) is 4.06. The average molecular weight is 164 g/mol. The van der Waals surface area contributed by atoms with Gasteiger partial charge in [-0.1, -0.05) is 0 Å². The molecule has 2 rings (SSSR count). The molecule has 0 spiro atoms. The Morgan fingerprint density at radius 1 is 1.33 bits per heavy atom. The van der Waals surface area contributed by atoms with Gasteiger partial charge >= 0.3 is 0 Å². The first-order valence-corrected chi connectivity index (χ1v) is 4.21. The number of aliphatic hydroxyl groups is 1. The Morgan fingerprint density at radius 3 is 2.58 bits per heavy atom. The van der Waals surface area contributed by atoms with E-state index in [2.05, 4.69) is 10.3 Å². The van der Waals surface area contributed by atoms with E-state index in [4.69, 9.17) is 0 Å². The Labute approximate surface area is 71.4 Å². The summed E-state index contributed by atoms with van der Waals surface area (Å²) in [4.78, 5) is 3.91. The lowest BCUT2D eigenvalue weighted by molar-refractivity contribution is 0.0786. The van der Waals surface area contributed by atoms with Crippen LogP contribution in [0.2, 0.25) is 0 Å². The van der Waals surface area contributed by atoms with Crippen LogP contribution in [-0.2, 0) is 0 Å². The standard InChI is InChI=1S/C9H12N2O/c12-9-2-1-8(9)11-7-3-5-10-6-4-7/h3-6,8-9,12H,1-2H2,(H,10,11). The van der Waals surface area contributed by atoms with Crippen molar-refractivity contribution in [3.63, 3.8) is 0 Å². The van der Waals surface area contributed by atoms with Gasteiger partial charge in [0.15, 0.2) is 0 Å². The fourth-order valence-corrected chi connectivity index (χ4v) is 1.31. The Kier molecular flexibility index (Phi) is 1.96. The van der Waals surface area contributed by atoms with Gasteiger partial charge in [-0.15, -0.1) is 0 Å². The minimum atomic E-state index is -0.168. The molecule has 1 aromatic rings. The second-order valence-corrected chi connectivity index (χ2v) is 3.13. The molecular weight excluding hydrogens is 152 g/mol. The normalized spacial score (nSPS) is 27.8. The fraction of sp³-hybridized carbons (Fsp3) is 0.444. The van der Waals surface area contributed by atoms with Crippen molar-refractivity contribution in [3.05, 3.63) is 24.5 Å². The third-order valence-corrected chi connectivity index (χ3v) is 2.27. The molecule has 12 heavy (non-hydrogen) atoms. The van der Waals surface area contributed by atoms with E-state index in [0.717, 1.165) is 18.5 Å². The average Bonchev–Trinajstić information content (AvgIpc) is 2.14. The summed E-state index contributed by atoms with van der Waals surface area (Å²) in [6.45, 7) is 0. The van der Waals surface area contributed by atoms with E-state index in [0.29, 0.717) is 0 Å². The molecule has 1 saturated carbocycles. The number of nitrogens with zero attached hydrogens (tertiary/aromatic N) is 1. The first kappa shape index (κ1) is 7.55.